The van der Waals surface area contributed by atoms with Crippen LogP contribution in [0, 0.1) is 5.92 Å². The van der Waals surface area contributed by atoms with E-state index in [2.05, 4.69) is 22.0 Å². The predicted octanol–water partition coefficient (Wildman–Crippen LogP) is 2.96. The second-order valence-corrected chi connectivity index (χ2v) is 9.33. The molecule has 0 unspecified atom stereocenters. The van der Waals surface area contributed by atoms with E-state index in [4.69, 9.17) is 4.74 Å². The molecular weight excluding hydrogens is 402 g/mol. The lowest BCUT2D eigenvalue weighted by atomic mass is 9.94. The second kappa shape index (κ2) is 9.95. The van der Waals surface area contributed by atoms with Crippen LogP contribution in [-0.4, -0.2) is 53.0 Å². The van der Waals surface area contributed by atoms with Crippen molar-refractivity contribution in [1.29, 1.82) is 0 Å². The van der Waals surface area contributed by atoms with Crippen LogP contribution in [0.25, 0.3) is 0 Å². The van der Waals surface area contributed by atoms with Crippen molar-refractivity contribution < 1.29 is 17.9 Å². The minimum Gasteiger partial charge on any atom is -0.497 e. The Bertz CT molecular complexity index is 935. The van der Waals surface area contributed by atoms with Crippen molar-refractivity contribution >= 4 is 21.6 Å². The standard InChI is InChI=1S/C22H29N3O4S/c1-25-15-12-17(13-16-25)11-14-23-22(26)18-3-9-21(10-4-18)30(27,28)24-19-5-7-20(29-2)8-6-19/h3-10,17,24H,11-16H2,1-2H3,(H,23,26). The lowest BCUT2D eigenvalue weighted by molar-refractivity contribution is 0.0949. The van der Waals surface area contributed by atoms with Gasteiger partial charge in [-0.3, -0.25) is 9.52 Å². The molecule has 0 radical (unpaired) electrons. The summed E-state index contributed by atoms with van der Waals surface area (Å²) >= 11 is 0. The molecule has 1 heterocycles. The van der Waals surface area contributed by atoms with Crippen molar-refractivity contribution in [2.45, 2.75) is 24.2 Å². The number of sulfonamides is 1. The molecule has 0 saturated carbocycles. The van der Waals surface area contributed by atoms with Crippen molar-refractivity contribution in [3.05, 3.63) is 54.1 Å². The molecule has 1 aliphatic rings. The topological polar surface area (TPSA) is 87.7 Å². The third kappa shape index (κ3) is 5.96. The fourth-order valence-electron chi connectivity index (χ4n) is 3.50. The molecule has 3 rings (SSSR count). The number of nitrogens with one attached hydrogen (secondary N) is 2. The number of hydrogen-bond acceptors (Lipinski definition) is 5. The Morgan fingerprint density at radius 1 is 1.07 bits per heavy atom. The number of likely N-dealkylation sites (tertiary alicyclic amines) is 1. The largest absolute Gasteiger partial charge is 0.497 e. The van der Waals surface area contributed by atoms with Crippen molar-refractivity contribution in [2.75, 3.05) is 38.5 Å². The van der Waals surface area contributed by atoms with Gasteiger partial charge in [-0.1, -0.05) is 0 Å². The van der Waals surface area contributed by atoms with E-state index in [1.165, 1.54) is 37.1 Å². The van der Waals surface area contributed by atoms with Gasteiger partial charge in [-0.05, 0) is 93.8 Å². The molecular formula is C22H29N3O4S. The Hall–Kier alpha value is -2.58. The summed E-state index contributed by atoms with van der Waals surface area (Å²) in [4.78, 5) is 14.8. The van der Waals surface area contributed by atoms with Crippen LogP contribution in [0.4, 0.5) is 5.69 Å². The highest BCUT2D eigenvalue weighted by Crippen LogP contribution is 2.20. The zero-order valence-corrected chi connectivity index (χ0v) is 18.2. The molecule has 1 aliphatic heterocycles. The van der Waals surface area contributed by atoms with Gasteiger partial charge in [0.05, 0.1) is 12.0 Å². The monoisotopic (exact) mass is 431 g/mol. The van der Waals surface area contributed by atoms with Gasteiger partial charge in [0.15, 0.2) is 0 Å². The number of piperidine rings is 1. The van der Waals surface area contributed by atoms with E-state index >= 15 is 0 Å². The summed E-state index contributed by atoms with van der Waals surface area (Å²) in [6.07, 6.45) is 3.30. The van der Waals surface area contributed by atoms with Gasteiger partial charge in [-0.2, -0.15) is 0 Å². The van der Waals surface area contributed by atoms with Crippen LogP contribution in [0.1, 0.15) is 29.6 Å². The molecule has 1 amide bonds. The van der Waals surface area contributed by atoms with Crippen molar-refractivity contribution in [1.82, 2.24) is 10.2 Å². The summed E-state index contributed by atoms with van der Waals surface area (Å²) in [5.74, 6) is 1.11. The van der Waals surface area contributed by atoms with E-state index in [0.29, 0.717) is 29.5 Å². The minimum atomic E-state index is -3.74. The lowest BCUT2D eigenvalue weighted by Crippen LogP contribution is -2.32. The van der Waals surface area contributed by atoms with Crippen molar-refractivity contribution in [2.24, 2.45) is 5.92 Å². The van der Waals surface area contributed by atoms with Gasteiger partial charge in [0.25, 0.3) is 15.9 Å². The fraction of sp³-hybridized carbons (Fsp3) is 0.409. The molecule has 0 spiro atoms. The average molecular weight is 432 g/mol. The van der Waals surface area contributed by atoms with E-state index in [1.807, 2.05) is 0 Å². The summed E-state index contributed by atoms with van der Waals surface area (Å²) in [5.41, 5.74) is 0.883. The maximum atomic E-state index is 12.6. The molecule has 30 heavy (non-hydrogen) atoms. The van der Waals surface area contributed by atoms with Gasteiger partial charge >= 0.3 is 0 Å². The molecule has 7 nitrogen and oxygen atoms in total. The number of hydrogen-bond donors (Lipinski definition) is 2. The highest BCUT2D eigenvalue weighted by atomic mass is 32.2. The van der Waals surface area contributed by atoms with E-state index in [-0.39, 0.29) is 10.8 Å². The first kappa shape index (κ1) is 22.1. The van der Waals surface area contributed by atoms with Crippen LogP contribution in [-0.2, 0) is 10.0 Å². The molecule has 1 saturated heterocycles. The van der Waals surface area contributed by atoms with Crippen LogP contribution < -0.4 is 14.8 Å². The summed E-state index contributed by atoms with van der Waals surface area (Å²) in [6, 6.07) is 12.6. The molecule has 162 valence electrons. The maximum absolute atomic E-state index is 12.6. The van der Waals surface area contributed by atoms with E-state index in [1.54, 1.807) is 31.4 Å². The number of rotatable bonds is 8. The number of carbonyl (C=O) groups excluding carboxylic acids is 1. The zero-order valence-electron chi connectivity index (χ0n) is 17.4. The second-order valence-electron chi connectivity index (χ2n) is 7.65. The van der Waals surface area contributed by atoms with Crippen molar-refractivity contribution in [3.8, 4) is 5.75 Å². The predicted molar refractivity (Wildman–Crippen MR) is 117 cm³/mol. The molecule has 0 atom stereocenters. The fourth-order valence-corrected chi connectivity index (χ4v) is 4.56. The number of ether oxygens (including phenoxy) is 1. The number of benzene rings is 2. The zero-order chi connectivity index (χ0) is 21.6. The molecule has 8 heteroatoms. The summed E-state index contributed by atoms with van der Waals surface area (Å²) in [5, 5.41) is 2.94. The molecule has 2 aromatic rings. The summed E-state index contributed by atoms with van der Waals surface area (Å²) < 4.78 is 32.7. The Kier molecular flexibility index (Phi) is 7.33. The van der Waals surface area contributed by atoms with Crippen LogP contribution >= 0.6 is 0 Å². The van der Waals surface area contributed by atoms with Gasteiger partial charge < -0.3 is 15.0 Å². The van der Waals surface area contributed by atoms with E-state index in [0.717, 1.165) is 19.5 Å². The van der Waals surface area contributed by atoms with Gasteiger partial charge in [0, 0.05) is 17.8 Å². The first-order valence-corrected chi connectivity index (χ1v) is 11.6. The third-order valence-corrected chi connectivity index (χ3v) is 6.84. The molecule has 0 aliphatic carbocycles. The SMILES string of the molecule is COc1ccc(NS(=O)(=O)c2ccc(C(=O)NCCC3CCN(C)CC3)cc2)cc1. The van der Waals surface area contributed by atoms with Crippen molar-refractivity contribution in [3.63, 3.8) is 0 Å². The first-order chi connectivity index (χ1) is 14.4. The number of carbonyl (C=O) groups is 1. The van der Waals surface area contributed by atoms with E-state index in [9.17, 15) is 13.2 Å². The van der Waals surface area contributed by atoms with Gasteiger partial charge in [-0.25, -0.2) is 8.42 Å². The average Bonchev–Trinajstić information content (AvgIpc) is 2.75. The Labute approximate surface area is 178 Å². The molecule has 2 aromatic carbocycles. The molecule has 1 fully saturated rings. The number of amides is 1. The Balaban J connectivity index is 1.53. The lowest BCUT2D eigenvalue weighted by Gasteiger charge is -2.28. The van der Waals surface area contributed by atoms with Crippen LogP contribution in [0.2, 0.25) is 0 Å². The molecule has 0 aromatic heterocycles. The normalized spacial score (nSPS) is 15.5. The van der Waals surface area contributed by atoms with Gasteiger partial charge in [0.1, 0.15) is 5.75 Å². The summed E-state index contributed by atoms with van der Waals surface area (Å²) in [7, 11) is -0.0573. The third-order valence-electron chi connectivity index (χ3n) is 5.45. The number of methoxy groups -OCH3 is 1. The quantitative estimate of drug-likeness (QED) is 0.671. The van der Waals surface area contributed by atoms with Crippen LogP contribution in [0.3, 0.4) is 0 Å². The number of nitrogens with zero attached hydrogens (tertiary/aromatic N) is 1. The Morgan fingerprint density at radius 2 is 1.70 bits per heavy atom. The maximum Gasteiger partial charge on any atom is 0.261 e. The summed E-state index contributed by atoms with van der Waals surface area (Å²) in [6.45, 7) is 2.85. The first-order valence-electron chi connectivity index (χ1n) is 10.1. The van der Waals surface area contributed by atoms with E-state index < -0.39 is 10.0 Å². The molecule has 0 bridgehead atoms. The highest BCUT2D eigenvalue weighted by molar-refractivity contribution is 7.92. The van der Waals surface area contributed by atoms with Gasteiger partial charge in [-0.15, -0.1) is 0 Å². The highest BCUT2D eigenvalue weighted by Gasteiger charge is 2.18. The van der Waals surface area contributed by atoms with Gasteiger partial charge in [0.2, 0.25) is 0 Å². The van der Waals surface area contributed by atoms with Crippen LogP contribution in [0.5, 0.6) is 5.75 Å². The smallest absolute Gasteiger partial charge is 0.261 e. The Morgan fingerprint density at radius 3 is 2.30 bits per heavy atom. The van der Waals surface area contributed by atoms with Crippen LogP contribution in [0.15, 0.2) is 53.4 Å². The minimum absolute atomic E-state index is 0.0983. The number of anilines is 1. The molecule has 2 N–H and O–H groups in total.